The molecule has 0 spiro atoms. The summed E-state index contributed by atoms with van der Waals surface area (Å²) in [6.45, 7) is 5.77. The Bertz CT molecular complexity index is 586. The van der Waals surface area contributed by atoms with Crippen molar-refractivity contribution in [3.8, 4) is 0 Å². The summed E-state index contributed by atoms with van der Waals surface area (Å²) in [6, 6.07) is 6.69. The number of carbonyl (C=O) groups excluding carboxylic acids is 1. The highest BCUT2D eigenvalue weighted by Crippen LogP contribution is 2.23. The molecule has 2 fully saturated rings. The molecule has 0 radical (unpaired) electrons. The van der Waals surface area contributed by atoms with Crippen LogP contribution in [-0.2, 0) is 4.79 Å². The molecule has 0 aliphatic carbocycles. The van der Waals surface area contributed by atoms with Gasteiger partial charge in [0.05, 0.1) is 6.04 Å². The maximum Gasteiger partial charge on any atom is 0.239 e. The van der Waals surface area contributed by atoms with Crippen LogP contribution in [0.25, 0.3) is 6.08 Å². The number of halogens is 1. The molecular weight excluding hydrogens is 303 g/mol. The van der Waals surface area contributed by atoms with Crippen LogP contribution in [0.2, 0.25) is 0 Å². The van der Waals surface area contributed by atoms with Crippen molar-refractivity contribution in [1.29, 1.82) is 0 Å². The maximum absolute atomic E-state index is 13.0. The zero-order valence-corrected chi connectivity index (χ0v) is 14.5. The minimum absolute atomic E-state index is 0.0892. The average Bonchev–Trinajstić information content (AvgIpc) is 2.63. The highest BCUT2D eigenvalue weighted by Gasteiger charge is 2.31. The van der Waals surface area contributed by atoms with Gasteiger partial charge in [0, 0.05) is 13.1 Å². The molecule has 24 heavy (non-hydrogen) atoms. The molecule has 2 saturated heterocycles. The monoisotopic (exact) mass is 330 g/mol. The van der Waals surface area contributed by atoms with E-state index in [-0.39, 0.29) is 11.9 Å². The molecule has 1 amide bonds. The Morgan fingerprint density at radius 3 is 2.54 bits per heavy atom. The summed E-state index contributed by atoms with van der Waals surface area (Å²) in [6.07, 6.45) is 7.35. The third-order valence-electron chi connectivity index (χ3n) is 5.26. The molecule has 2 heterocycles. The highest BCUT2D eigenvalue weighted by atomic mass is 19.1. The van der Waals surface area contributed by atoms with Crippen LogP contribution in [0.5, 0.6) is 0 Å². The summed E-state index contributed by atoms with van der Waals surface area (Å²) in [7, 11) is 0. The van der Waals surface area contributed by atoms with Gasteiger partial charge in [0.2, 0.25) is 5.91 Å². The number of nitrogens with zero attached hydrogens (tertiary/aromatic N) is 2. The molecule has 1 aromatic rings. The molecule has 130 valence electrons. The Morgan fingerprint density at radius 2 is 1.88 bits per heavy atom. The first kappa shape index (κ1) is 17.2. The van der Waals surface area contributed by atoms with E-state index in [4.69, 9.17) is 0 Å². The van der Waals surface area contributed by atoms with E-state index < -0.39 is 0 Å². The number of hydrogen-bond donors (Lipinski definition) is 0. The van der Waals surface area contributed by atoms with E-state index in [1.165, 1.54) is 24.1 Å². The van der Waals surface area contributed by atoms with E-state index >= 15 is 0 Å². The van der Waals surface area contributed by atoms with Crippen molar-refractivity contribution in [2.45, 2.75) is 45.1 Å². The van der Waals surface area contributed by atoms with Crippen molar-refractivity contribution in [2.75, 3.05) is 26.2 Å². The van der Waals surface area contributed by atoms with Crippen molar-refractivity contribution in [3.63, 3.8) is 0 Å². The quantitative estimate of drug-likeness (QED) is 0.843. The van der Waals surface area contributed by atoms with Gasteiger partial charge >= 0.3 is 0 Å². The molecule has 4 heteroatoms. The van der Waals surface area contributed by atoms with E-state index in [1.807, 2.05) is 4.90 Å². The van der Waals surface area contributed by atoms with Gasteiger partial charge in [-0.3, -0.25) is 9.69 Å². The predicted octanol–water partition coefficient (Wildman–Crippen LogP) is 3.71. The third kappa shape index (κ3) is 4.04. The molecule has 3 nitrogen and oxygen atoms in total. The second-order valence-corrected chi connectivity index (χ2v) is 6.82. The molecule has 0 aromatic heterocycles. The fraction of sp³-hybridized carbons (Fsp3) is 0.550. The molecule has 0 N–H and O–H groups in total. The van der Waals surface area contributed by atoms with Gasteiger partial charge in [-0.15, -0.1) is 0 Å². The number of carbonyl (C=O) groups is 1. The van der Waals surface area contributed by atoms with E-state index in [2.05, 4.69) is 17.9 Å². The first-order chi connectivity index (χ1) is 11.7. The first-order valence-corrected chi connectivity index (χ1v) is 9.15. The average molecular weight is 330 g/mol. The van der Waals surface area contributed by atoms with Gasteiger partial charge in [0.1, 0.15) is 5.82 Å². The van der Waals surface area contributed by atoms with Gasteiger partial charge in [-0.1, -0.05) is 37.1 Å². The second-order valence-electron chi connectivity index (χ2n) is 6.82. The van der Waals surface area contributed by atoms with Crippen molar-refractivity contribution in [1.82, 2.24) is 9.80 Å². The number of hydrogen-bond acceptors (Lipinski definition) is 2. The highest BCUT2D eigenvalue weighted by molar-refractivity contribution is 5.82. The Morgan fingerprint density at radius 1 is 1.17 bits per heavy atom. The molecule has 1 aromatic carbocycles. The van der Waals surface area contributed by atoms with Gasteiger partial charge in [-0.2, -0.15) is 0 Å². The van der Waals surface area contributed by atoms with Gasteiger partial charge in [-0.25, -0.2) is 4.39 Å². The molecule has 2 aliphatic rings. The summed E-state index contributed by atoms with van der Waals surface area (Å²) in [4.78, 5) is 17.2. The van der Waals surface area contributed by atoms with Crippen LogP contribution < -0.4 is 0 Å². The van der Waals surface area contributed by atoms with Gasteiger partial charge in [-0.05, 0) is 56.5 Å². The Labute approximate surface area is 144 Å². The summed E-state index contributed by atoms with van der Waals surface area (Å²) in [5.41, 5.74) is 2.39. The summed E-state index contributed by atoms with van der Waals surface area (Å²) in [5, 5.41) is 0. The van der Waals surface area contributed by atoms with Crippen molar-refractivity contribution in [3.05, 3.63) is 41.2 Å². The van der Waals surface area contributed by atoms with Crippen molar-refractivity contribution >= 4 is 12.0 Å². The first-order valence-electron chi connectivity index (χ1n) is 9.15. The van der Waals surface area contributed by atoms with E-state index in [1.54, 1.807) is 12.1 Å². The SMILES string of the molecule is CCN1CCCC[C@H]1C(=O)N1CCC(=Cc2ccc(F)cc2)CC1. The lowest BCUT2D eigenvalue weighted by atomic mass is 9.97. The number of piperidine rings is 2. The predicted molar refractivity (Wildman–Crippen MR) is 95.1 cm³/mol. The van der Waals surface area contributed by atoms with E-state index in [0.717, 1.165) is 57.4 Å². The van der Waals surface area contributed by atoms with Crippen molar-refractivity contribution in [2.24, 2.45) is 0 Å². The van der Waals surface area contributed by atoms with Gasteiger partial charge < -0.3 is 4.90 Å². The van der Waals surface area contributed by atoms with Crippen LogP contribution in [0.3, 0.4) is 0 Å². The molecule has 0 unspecified atom stereocenters. The van der Waals surface area contributed by atoms with Crippen LogP contribution in [0.1, 0.15) is 44.6 Å². The van der Waals surface area contributed by atoms with Gasteiger partial charge in [0.15, 0.2) is 0 Å². The number of amides is 1. The topological polar surface area (TPSA) is 23.6 Å². The lowest BCUT2D eigenvalue weighted by Crippen LogP contribution is -2.52. The Kier molecular flexibility index (Phi) is 5.67. The summed E-state index contributed by atoms with van der Waals surface area (Å²) >= 11 is 0. The molecule has 1 atom stereocenters. The molecule has 2 aliphatic heterocycles. The number of rotatable bonds is 3. The fourth-order valence-electron chi connectivity index (χ4n) is 3.81. The minimum atomic E-state index is -0.203. The van der Waals surface area contributed by atoms with E-state index in [9.17, 15) is 9.18 Å². The fourth-order valence-corrected chi connectivity index (χ4v) is 3.81. The lowest BCUT2D eigenvalue weighted by molar-refractivity contribution is -0.138. The normalized spacial score (nSPS) is 22.5. The number of benzene rings is 1. The van der Waals surface area contributed by atoms with Crippen LogP contribution in [0.4, 0.5) is 4.39 Å². The number of likely N-dealkylation sites (N-methyl/N-ethyl adjacent to an activating group) is 1. The summed E-state index contributed by atoms with van der Waals surface area (Å²) < 4.78 is 13.0. The molecule has 3 rings (SSSR count). The molecule has 0 saturated carbocycles. The summed E-state index contributed by atoms with van der Waals surface area (Å²) in [5.74, 6) is 0.114. The van der Waals surface area contributed by atoms with Crippen molar-refractivity contribution < 1.29 is 9.18 Å². The maximum atomic E-state index is 13.0. The van der Waals surface area contributed by atoms with Crippen LogP contribution >= 0.6 is 0 Å². The van der Waals surface area contributed by atoms with Crippen LogP contribution in [0, 0.1) is 5.82 Å². The lowest BCUT2D eigenvalue weighted by Gasteiger charge is -2.38. The molecular formula is C20H27FN2O. The van der Waals surface area contributed by atoms with Gasteiger partial charge in [0.25, 0.3) is 0 Å². The molecule has 0 bridgehead atoms. The van der Waals surface area contributed by atoms with E-state index in [0.29, 0.717) is 5.91 Å². The van der Waals surface area contributed by atoms with Crippen LogP contribution in [-0.4, -0.2) is 47.9 Å². The standard InChI is InChI=1S/C20H27FN2O/c1-2-22-12-4-3-5-19(22)20(24)23-13-10-17(11-14-23)15-16-6-8-18(21)9-7-16/h6-9,15,19H,2-5,10-14H2,1H3/t19-/m0/s1. The largest absolute Gasteiger partial charge is 0.341 e. The number of likely N-dealkylation sites (tertiary alicyclic amines) is 2. The Balaban J connectivity index is 1.58. The van der Waals surface area contributed by atoms with Crippen LogP contribution in [0.15, 0.2) is 29.8 Å². The third-order valence-corrected chi connectivity index (χ3v) is 5.26. The Hall–Kier alpha value is -1.68. The minimum Gasteiger partial charge on any atom is -0.341 e. The smallest absolute Gasteiger partial charge is 0.239 e. The zero-order valence-electron chi connectivity index (χ0n) is 14.5. The zero-order chi connectivity index (χ0) is 16.9. The second kappa shape index (κ2) is 7.93.